The number of carbonyl (C=O) groups excluding carboxylic acids is 3. The van der Waals surface area contributed by atoms with Gasteiger partial charge >= 0.3 is 5.97 Å². The van der Waals surface area contributed by atoms with Gasteiger partial charge in [0, 0.05) is 19.2 Å². The van der Waals surface area contributed by atoms with Crippen LogP contribution < -0.4 is 10.2 Å². The van der Waals surface area contributed by atoms with E-state index in [0.717, 1.165) is 44.8 Å². The number of nitrogens with zero attached hydrogens (tertiary/aromatic N) is 1. The van der Waals surface area contributed by atoms with Gasteiger partial charge in [-0.05, 0) is 18.6 Å². The second-order valence-corrected chi connectivity index (χ2v) is 6.91. The fourth-order valence-corrected chi connectivity index (χ4v) is 2.83. The third-order valence-electron chi connectivity index (χ3n) is 4.55. The Hall–Kier alpha value is -2.45. The van der Waals surface area contributed by atoms with Gasteiger partial charge in [0.25, 0.3) is 5.91 Å². The Morgan fingerprint density at radius 2 is 1.86 bits per heavy atom. The van der Waals surface area contributed by atoms with E-state index in [2.05, 4.69) is 5.32 Å². The van der Waals surface area contributed by atoms with E-state index in [1.54, 1.807) is 12.1 Å². The van der Waals surface area contributed by atoms with E-state index in [1.807, 2.05) is 19.1 Å². The van der Waals surface area contributed by atoms with E-state index >= 15 is 0 Å². The Kier molecular flexibility index (Phi) is 8.90. The molecule has 0 aromatic heterocycles. The van der Waals surface area contributed by atoms with Gasteiger partial charge in [-0.3, -0.25) is 9.59 Å². The monoisotopic (exact) mass is 392 g/mol. The number of hydrogen-bond acceptors (Lipinski definition) is 5. The van der Waals surface area contributed by atoms with E-state index in [1.165, 1.54) is 16.8 Å². The van der Waals surface area contributed by atoms with E-state index in [0.29, 0.717) is 12.1 Å². The highest BCUT2D eigenvalue weighted by Crippen LogP contribution is 2.06. The molecule has 1 fully saturated rings. The van der Waals surface area contributed by atoms with Crippen LogP contribution in [0.4, 0.5) is 0 Å². The van der Waals surface area contributed by atoms with Crippen LogP contribution in [0.1, 0.15) is 29.3 Å². The molecule has 28 heavy (non-hydrogen) atoms. The molecule has 0 atom stereocenters. The molecule has 1 aliphatic heterocycles. The van der Waals surface area contributed by atoms with Crippen molar-refractivity contribution in [2.24, 2.45) is 0 Å². The number of likely N-dealkylation sites (N-methyl/N-ethyl adjacent to an activating group) is 1. The van der Waals surface area contributed by atoms with Crippen molar-refractivity contribution in [1.29, 1.82) is 0 Å². The maximum atomic E-state index is 12.1. The molecule has 0 saturated carbocycles. The first-order valence-corrected chi connectivity index (χ1v) is 9.67. The zero-order chi connectivity index (χ0) is 20.4. The summed E-state index contributed by atoms with van der Waals surface area (Å²) >= 11 is 0. The highest BCUT2D eigenvalue weighted by molar-refractivity contribution is 5.92. The van der Waals surface area contributed by atoms with Gasteiger partial charge in [-0.2, -0.15) is 0 Å². The molecule has 8 heteroatoms. The van der Waals surface area contributed by atoms with Crippen LogP contribution in [0, 0.1) is 0 Å². The van der Waals surface area contributed by atoms with Crippen molar-refractivity contribution >= 4 is 17.8 Å². The smallest absolute Gasteiger partial charge is 0.338 e. The second kappa shape index (κ2) is 11.4. The predicted molar refractivity (Wildman–Crippen MR) is 103 cm³/mol. The summed E-state index contributed by atoms with van der Waals surface area (Å²) in [6, 6.07) is 7.24. The normalized spacial score (nSPS) is 14.4. The van der Waals surface area contributed by atoms with Gasteiger partial charge in [-0.1, -0.05) is 19.1 Å². The Bertz CT molecular complexity index is 656. The first kappa shape index (κ1) is 21.8. The van der Waals surface area contributed by atoms with Crippen molar-refractivity contribution in [3.8, 4) is 0 Å². The van der Waals surface area contributed by atoms with E-state index in [-0.39, 0.29) is 12.5 Å². The number of nitrogens with one attached hydrogen (secondary N) is 2. The predicted octanol–water partition coefficient (Wildman–Crippen LogP) is -0.757. The molecule has 2 rings (SSSR count). The van der Waals surface area contributed by atoms with Crippen molar-refractivity contribution in [3.63, 3.8) is 0 Å². The molecule has 1 heterocycles. The Morgan fingerprint density at radius 1 is 1.18 bits per heavy atom. The van der Waals surface area contributed by atoms with Crippen LogP contribution in [0.2, 0.25) is 0 Å². The second-order valence-electron chi connectivity index (χ2n) is 6.91. The molecule has 0 unspecified atom stereocenters. The minimum absolute atomic E-state index is 0.0606. The summed E-state index contributed by atoms with van der Waals surface area (Å²) in [6.07, 6.45) is 0.827. The first-order valence-electron chi connectivity index (χ1n) is 9.67. The molecule has 8 nitrogen and oxygen atoms in total. The number of rotatable bonds is 9. The molecule has 1 saturated heterocycles. The number of benzene rings is 1. The van der Waals surface area contributed by atoms with E-state index in [4.69, 9.17) is 9.47 Å². The van der Waals surface area contributed by atoms with Crippen LogP contribution in [0.5, 0.6) is 0 Å². The number of morpholine rings is 1. The number of hydrogen-bond donors (Lipinski definition) is 2. The number of quaternary nitrogens is 1. The summed E-state index contributed by atoms with van der Waals surface area (Å²) in [5, 5.41) is 2.69. The van der Waals surface area contributed by atoms with Crippen LogP contribution in [0.15, 0.2) is 24.3 Å². The molecule has 0 bridgehead atoms. The van der Waals surface area contributed by atoms with Crippen molar-refractivity contribution in [3.05, 3.63) is 35.4 Å². The number of ether oxygens (including phenoxy) is 2. The lowest BCUT2D eigenvalue weighted by molar-refractivity contribution is -0.921. The number of amides is 2. The minimum atomic E-state index is -0.553. The standard InChI is InChI=1S/C20H29N3O5/c1-3-8-21-18(24)14-22(2)19(25)15-28-20(26)17-6-4-16(5-7-17)13-23-9-11-27-12-10-23/h4-7H,3,8-15H2,1-2H3,(H,21,24)/p+1. The molecule has 1 aromatic carbocycles. The van der Waals surface area contributed by atoms with Gasteiger partial charge in [-0.15, -0.1) is 0 Å². The lowest BCUT2D eigenvalue weighted by Crippen LogP contribution is -3.12. The van der Waals surface area contributed by atoms with Crippen LogP contribution >= 0.6 is 0 Å². The van der Waals surface area contributed by atoms with Crippen molar-refractivity contribution in [2.75, 3.05) is 53.0 Å². The van der Waals surface area contributed by atoms with Gasteiger partial charge in [0.05, 0.1) is 25.3 Å². The maximum absolute atomic E-state index is 12.1. The summed E-state index contributed by atoms with van der Waals surface area (Å²) < 4.78 is 10.4. The molecule has 2 N–H and O–H groups in total. The third kappa shape index (κ3) is 7.28. The van der Waals surface area contributed by atoms with Crippen LogP contribution in [-0.2, 0) is 25.6 Å². The zero-order valence-corrected chi connectivity index (χ0v) is 16.7. The fraction of sp³-hybridized carbons (Fsp3) is 0.550. The van der Waals surface area contributed by atoms with Gasteiger partial charge in [0.2, 0.25) is 5.91 Å². The Labute approximate surface area is 165 Å². The molecule has 2 amide bonds. The quantitative estimate of drug-likeness (QED) is 0.540. The summed E-state index contributed by atoms with van der Waals surface area (Å²) in [5.74, 6) is -1.21. The fourth-order valence-electron chi connectivity index (χ4n) is 2.83. The highest BCUT2D eigenvalue weighted by atomic mass is 16.5. The Morgan fingerprint density at radius 3 is 2.50 bits per heavy atom. The molecule has 0 spiro atoms. The van der Waals surface area contributed by atoms with Crippen molar-refractivity contribution < 1.29 is 28.8 Å². The molecule has 0 aliphatic carbocycles. The zero-order valence-electron chi connectivity index (χ0n) is 16.7. The summed E-state index contributed by atoms with van der Waals surface area (Å²) in [5.41, 5.74) is 1.54. The van der Waals surface area contributed by atoms with Gasteiger partial charge < -0.3 is 24.6 Å². The van der Waals surface area contributed by atoms with Gasteiger partial charge in [0.15, 0.2) is 6.61 Å². The Balaban J connectivity index is 1.75. The number of carbonyl (C=O) groups is 3. The van der Waals surface area contributed by atoms with Crippen molar-refractivity contribution in [1.82, 2.24) is 10.2 Å². The average Bonchev–Trinajstić information content (AvgIpc) is 2.71. The highest BCUT2D eigenvalue weighted by Gasteiger charge is 2.17. The van der Waals surface area contributed by atoms with E-state index < -0.39 is 18.5 Å². The molecular weight excluding hydrogens is 362 g/mol. The lowest BCUT2D eigenvalue weighted by Gasteiger charge is -2.23. The molecule has 154 valence electrons. The SMILES string of the molecule is CCCNC(=O)CN(C)C(=O)COC(=O)c1ccc(C[NH+]2CCOCC2)cc1. The third-order valence-corrected chi connectivity index (χ3v) is 4.55. The lowest BCUT2D eigenvalue weighted by atomic mass is 10.1. The summed E-state index contributed by atoms with van der Waals surface area (Å²) in [7, 11) is 1.50. The molecular formula is C20H30N3O5+. The van der Waals surface area contributed by atoms with E-state index in [9.17, 15) is 14.4 Å². The minimum Gasteiger partial charge on any atom is -0.452 e. The molecule has 1 aromatic rings. The average molecular weight is 392 g/mol. The summed E-state index contributed by atoms with van der Waals surface area (Å²) in [4.78, 5) is 38.5. The van der Waals surface area contributed by atoms with Crippen LogP contribution in [0.25, 0.3) is 0 Å². The maximum Gasteiger partial charge on any atom is 0.338 e. The van der Waals surface area contributed by atoms with Crippen molar-refractivity contribution in [2.45, 2.75) is 19.9 Å². The van der Waals surface area contributed by atoms with Crippen LogP contribution in [0.3, 0.4) is 0 Å². The summed E-state index contributed by atoms with van der Waals surface area (Å²) in [6.45, 7) is 6.48. The van der Waals surface area contributed by atoms with Crippen LogP contribution in [-0.4, -0.2) is 75.7 Å². The molecule has 1 aliphatic rings. The topological polar surface area (TPSA) is 89.4 Å². The molecule has 0 radical (unpaired) electrons. The van der Waals surface area contributed by atoms with Gasteiger partial charge in [-0.25, -0.2) is 4.79 Å². The largest absolute Gasteiger partial charge is 0.452 e. The number of esters is 1. The first-order chi connectivity index (χ1) is 13.5. The van der Waals surface area contributed by atoms with Gasteiger partial charge in [0.1, 0.15) is 19.6 Å².